The molecule has 0 saturated carbocycles. The molecule has 0 N–H and O–H groups in total. The van der Waals surface area contributed by atoms with Gasteiger partial charge in [0.1, 0.15) is 46.3 Å². The van der Waals surface area contributed by atoms with Gasteiger partial charge in [0.2, 0.25) is 0 Å². The van der Waals surface area contributed by atoms with E-state index < -0.39 is 0 Å². The summed E-state index contributed by atoms with van der Waals surface area (Å²) in [6, 6.07) is 7.11. The molecule has 0 aliphatic carbocycles. The van der Waals surface area contributed by atoms with E-state index >= 15 is 0 Å². The first-order valence-electron chi connectivity index (χ1n) is 7.27. The molecular weight excluding hydrogens is 605 g/mol. The van der Waals surface area contributed by atoms with Gasteiger partial charge in [0, 0.05) is 5.52 Å². The smallest absolute Gasteiger partial charge is 0.195 e. The first-order valence-corrected chi connectivity index (χ1v) is 7.27. The van der Waals surface area contributed by atoms with E-state index in [1.54, 1.807) is 24.3 Å². The minimum Gasteiger partial charge on any atom is -0.457 e. The number of aromatic nitrogens is 6. The van der Waals surface area contributed by atoms with Gasteiger partial charge in [-0.05, 0) is 5.52 Å². The molecule has 0 aliphatic heterocycles. The molecule has 1 aromatic carbocycles. The first kappa shape index (κ1) is 17.5. The van der Waals surface area contributed by atoms with Crippen molar-refractivity contribution in [2.24, 2.45) is 0 Å². The SMILES string of the molecule is [C-]#[N+]c1[c-]nc2c(n1)c1nc(C#N)c(C#N)nc1c1nc(C#N)c(C#N)nc21.[Cm]. The minimum atomic E-state index is -0.249. The van der Waals surface area contributed by atoms with Crippen LogP contribution in [0.15, 0.2) is 0 Å². The molecule has 0 saturated heterocycles. The third-order valence-electron chi connectivity index (χ3n) is 3.70. The third-order valence-corrected chi connectivity index (χ3v) is 3.70. The number of benzene rings is 1. The van der Waals surface area contributed by atoms with E-state index in [0.717, 1.165) is 0 Å². The van der Waals surface area contributed by atoms with Gasteiger partial charge in [-0.25, -0.2) is 19.9 Å². The summed E-state index contributed by atoms with van der Waals surface area (Å²) in [5, 5.41) is 37.0. The molecule has 4 aromatic rings. The normalized spacial score (nSPS) is 9.62. The summed E-state index contributed by atoms with van der Waals surface area (Å²) in [6.45, 7) is 7.10. The zero-order valence-corrected chi connectivity index (χ0v) is 16.7. The van der Waals surface area contributed by atoms with Crippen LogP contribution in [0.25, 0.3) is 37.9 Å². The summed E-state index contributed by atoms with van der Waals surface area (Å²) >= 11 is 0. The molecule has 0 amide bonds. The average molecular weight is 605 g/mol. The second-order valence-electron chi connectivity index (χ2n) is 5.15. The van der Waals surface area contributed by atoms with Crippen LogP contribution in [0.2, 0.25) is 0 Å². The standard InChI is InChI=1S/C17N11.Cm/c1-22-11-6-23-12-13-15(25-8(3-19)7(2-18)24-13)17-16(14(12)28-11)26-9(4-20)10(5-21)27-17;/q-1;. The predicted molar refractivity (Wildman–Crippen MR) is 89.7 cm³/mol. The van der Waals surface area contributed by atoms with Crippen LogP contribution in [0.4, 0.5) is 5.82 Å². The van der Waals surface area contributed by atoms with E-state index in [1.807, 2.05) is 0 Å². The summed E-state index contributed by atoms with van der Waals surface area (Å²) in [7, 11) is 0. The number of nitrogens with zero attached hydrogens (tertiary/aromatic N) is 11. The molecule has 0 atom stereocenters. The third kappa shape index (κ3) is 2.28. The molecule has 0 fully saturated rings. The van der Waals surface area contributed by atoms with Crippen LogP contribution in [0.3, 0.4) is 0 Å². The fourth-order valence-corrected chi connectivity index (χ4v) is 2.57. The maximum absolute atomic E-state index is 9.25. The van der Waals surface area contributed by atoms with Crippen molar-refractivity contribution in [3.8, 4) is 24.3 Å². The fourth-order valence-electron chi connectivity index (χ4n) is 2.57. The van der Waals surface area contributed by atoms with Gasteiger partial charge in [0.25, 0.3) is 0 Å². The number of hydrogen-bond acceptors (Lipinski definition) is 10. The van der Waals surface area contributed by atoms with Crippen LogP contribution in [0, 0.1) is 58.1 Å². The second kappa shape index (κ2) is 6.20. The Hall–Kier alpha value is -6.31. The van der Waals surface area contributed by atoms with Crippen molar-refractivity contribution in [1.82, 2.24) is 29.9 Å². The zero-order chi connectivity index (χ0) is 19.8. The molecule has 3 aromatic heterocycles. The topological polar surface area (TPSA) is 177 Å². The molecule has 12 heteroatoms. The summed E-state index contributed by atoms with van der Waals surface area (Å²) in [5.41, 5.74) is -0.502. The van der Waals surface area contributed by atoms with Gasteiger partial charge in [-0.1, -0.05) is 6.57 Å². The average Bonchev–Trinajstić information content (AvgIpc) is 2.76. The van der Waals surface area contributed by atoms with E-state index in [4.69, 9.17) is 6.57 Å². The number of rotatable bonds is 0. The van der Waals surface area contributed by atoms with Gasteiger partial charge in [0.15, 0.2) is 28.6 Å². The molecule has 0 radical (unpaired) electrons. The molecule has 4 rings (SSSR count). The van der Waals surface area contributed by atoms with Crippen molar-refractivity contribution >= 4 is 38.9 Å². The molecule has 132 valence electrons. The number of nitriles is 4. The maximum Gasteiger partial charge on any atom is 0.195 e. The van der Waals surface area contributed by atoms with E-state index in [9.17, 15) is 21.0 Å². The largest absolute Gasteiger partial charge is 0.457 e. The molecule has 0 bridgehead atoms. The first-order chi connectivity index (χ1) is 13.6. The van der Waals surface area contributed by atoms with E-state index in [-0.39, 0.29) is 61.7 Å². The van der Waals surface area contributed by atoms with Crippen molar-refractivity contribution in [2.75, 3.05) is 0 Å². The minimum absolute atomic E-state index is 0. The van der Waals surface area contributed by atoms with Crippen molar-refractivity contribution in [3.63, 3.8) is 0 Å². The summed E-state index contributed by atoms with van der Waals surface area (Å²) in [6.07, 6.45) is 2.44. The molecule has 3 heterocycles. The maximum atomic E-state index is 9.25. The van der Waals surface area contributed by atoms with Crippen LogP contribution >= 0.6 is 0 Å². The summed E-state index contributed by atoms with van der Waals surface area (Å²) < 4.78 is 0. The van der Waals surface area contributed by atoms with Gasteiger partial charge >= 0.3 is 0 Å². The van der Waals surface area contributed by atoms with Crippen molar-refractivity contribution in [1.29, 1.82) is 21.0 Å². The van der Waals surface area contributed by atoms with Gasteiger partial charge in [-0.15, -0.1) is 6.20 Å². The Balaban J connectivity index is 0.00000240. The Morgan fingerprint density at radius 1 is 0.621 bits per heavy atom. The molecule has 11 nitrogen and oxygen atoms in total. The second-order valence-corrected chi connectivity index (χ2v) is 5.15. The summed E-state index contributed by atoms with van der Waals surface area (Å²) in [5.74, 6) is -0.153. The number of fused-ring (bicyclic) bond motifs is 6. The monoisotopic (exact) mass is 601 g/mol. The van der Waals surface area contributed by atoms with Crippen LogP contribution < -0.4 is 0 Å². The Labute approximate surface area is 155 Å². The predicted octanol–water partition coefficient (Wildman–Crippen LogP) is 1.35. The quantitative estimate of drug-likeness (QED) is 0.210. The van der Waals surface area contributed by atoms with Crippen LogP contribution in [0.1, 0.15) is 22.8 Å². The van der Waals surface area contributed by atoms with Crippen LogP contribution in [-0.2, 0) is 0 Å². The zero-order valence-electron chi connectivity index (χ0n) is 13.8. The van der Waals surface area contributed by atoms with E-state index in [0.29, 0.717) is 0 Å². The van der Waals surface area contributed by atoms with Crippen LogP contribution in [0.5, 0.6) is 0 Å². The van der Waals surface area contributed by atoms with Gasteiger partial charge in [-0.2, -0.15) is 26.0 Å². The van der Waals surface area contributed by atoms with E-state index in [2.05, 4.69) is 40.9 Å². The van der Waals surface area contributed by atoms with Crippen molar-refractivity contribution in [3.05, 3.63) is 40.4 Å². The number of hydrogen-bond donors (Lipinski definition) is 0. The Morgan fingerprint density at radius 3 is 1.31 bits per heavy atom. The summed E-state index contributed by atoms with van der Waals surface area (Å²) in [4.78, 5) is 27.9. The van der Waals surface area contributed by atoms with Gasteiger partial charge < -0.3 is 9.83 Å². The van der Waals surface area contributed by atoms with Crippen molar-refractivity contribution < 1.29 is 0 Å². The van der Waals surface area contributed by atoms with Crippen LogP contribution in [-0.4, -0.2) is 29.9 Å². The molecule has 0 aliphatic rings. The molecule has 29 heavy (non-hydrogen) atoms. The molecule has 0 unspecified atom stereocenters. The molecule has 0 spiro atoms. The van der Waals surface area contributed by atoms with Gasteiger partial charge in [0.05, 0.1) is 0 Å². The Morgan fingerprint density at radius 2 is 0.966 bits per heavy atom. The van der Waals surface area contributed by atoms with Crippen molar-refractivity contribution in [2.45, 2.75) is 0 Å². The van der Waals surface area contributed by atoms with Gasteiger partial charge in [-0.3, -0.25) is 0 Å². The Bertz CT molecular complexity index is 1520. The molecular formula is C17CmN11-. The Kier molecular flexibility index (Phi) is 3.75. The fraction of sp³-hybridized carbons (Fsp3) is 0. The van der Waals surface area contributed by atoms with E-state index in [1.165, 1.54) is 0 Å².